The predicted octanol–water partition coefficient (Wildman–Crippen LogP) is 5.07. The molecule has 148 valence electrons. The molecular formula is C25H18O5. The maximum absolute atomic E-state index is 12.9. The summed E-state index contributed by atoms with van der Waals surface area (Å²) in [5.41, 5.74) is 1.73. The predicted molar refractivity (Wildman–Crippen MR) is 114 cm³/mol. The van der Waals surface area contributed by atoms with Gasteiger partial charge in [-0.3, -0.25) is 4.79 Å². The van der Waals surface area contributed by atoms with Crippen LogP contribution in [-0.4, -0.2) is 26.2 Å². The van der Waals surface area contributed by atoms with Crippen LogP contribution in [-0.2, 0) is 0 Å². The Labute approximate surface area is 172 Å². The first-order valence-electron chi connectivity index (χ1n) is 9.24. The van der Waals surface area contributed by atoms with Gasteiger partial charge >= 0.3 is 0 Å². The fourth-order valence-electron chi connectivity index (χ4n) is 3.38. The Kier molecular flexibility index (Phi) is 4.86. The number of rotatable bonds is 4. The van der Waals surface area contributed by atoms with Gasteiger partial charge in [-0.25, -0.2) is 0 Å². The average molecular weight is 398 g/mol. The molecule has 5 heteroatoms. The van der Waals surface area contributed by atoms with Crippen LogP contribution >= 0.6 is 0 Å². The monoisotopic (exact) mass is 398 g/mol. The molecule has 0 atom stereocenters. The average Bonchev–Trinajstić information content (AvgIpc) is 2.79. The van der Waals surface area contributed by atoms with E-state index in [4.69, 9.17) is 0 Å². The van der Waals surface area contributed by atoms with Crippen molar-refractivity contribution in [2.75, 3.05) is 0 Å². The van der Waals surface area contributed by atoms with E-state index in [1.54, 1.807) is 54.6 Å². The molecule has 0 unspecified atom stereocenters. The SMILES string of the molecule is O=C(c1ccc(-c2ccccc2)cc1)c1c(O)c(O)c(-c2ccccc2)c(O)c1O. The molecule has 4 aromatic rings. The highest BCUT2D eigenvalue weighted by molar-refractivity contribution is 6.14. The summed E-state index contributed by atoms with van der Waals surface area (Å²) in [5.74, 6) is -3.67. The van der Waals surface area contributed by atoms with Crippen LogP contribution in [0.5, 0.6) is 23.0 Å². The fourth-order valence-corrected chi connectivity index (χ4v) is 3.38. The molecule has 5 nitrogen and oxygen atoms in total. The van der Waals surface area contributed by atoms with Crippen LogP contribution in [0.3, 0.4) is 0 Å². The van der Waals surface area contributed by atoms with Gasteiger partial charge in [0.05, 0.1) is 5.56 Å². The number of hydrogen-bond donors (Lipinski definition) is 4. The minimum Gasteiger partial charge on any atom is -0.504 e. The van der Waals surface area contributed by atoms with Crippen molar-refractivity contribution in [3.05, 3.63) is 96.1 Å². The Balaban J connectivity index is 1.77. The van der Waals surface area contributed by atoms with Gasteiger partial charge in [0.15, 0.2) is 23.0 Å². The molecule has 4 N–H and O–H groups in total. The Bertz CT molecular complexity index is 1190. The second-order valence-corrected chi connectivity index (χ2v) is 6.78. The van der Waals surface area contributed by atoms with Crippen LogP contribution in [0.2, 0.25) is 0 Å². The van der Waals surface area contributed by atoms with Gasteiger partial charge in [-0.05, 0) is 16.7 Å². The fraction of sp³-hybridized carbons (Fsp3) is 0. The summed E-state index contributed by atoms with van der Waals surface area (Å²) < 4.78 is 0. The smallest absolute Gasteiger partial charge is 0.200 e. The normalized spacial score (nSPS) is 10.7. The van der Waals surface area contributed by atoms with Crippen LogP contribution in [0.4, 0.5) is 0 Å². The summed E-state index contributed by atoms with van der Waals surface area (Å²) in [6.07, 6.45) is 0. The summed E-state index contributed by atoms with van der Waals surface area (Å²) in [4.78, 5) is 12.9. The standard InChI is InChI=1S/C25H18O5/c26-21(18-13-11-16(12-14-18)15-7-3-1-4-8-15)20-24(29)22(27)19(23(28)25(20)30)17-9-5-2-6-10-17/h1-14,27-30H. The van der Waals surface area contributed by atoms with Crippen LogP contribution in [0.15, 0.2) is 84.9 Å². The summed E-state index contributed by atoms with van der Waals surface area (Å²) >= 11 is 0. The van der Waals surface area contributed by atoms with Crippen molar-refractivity contribution in [2.24, 2.45) is 0 Å². The maximum Gasteiger partial charge on any atom is 0.200 e. The van der Waals surface area contributed by atoms with Gasteiger partial charge in [0.1, 0.15) is 5.56 Å². The molecule has 0 radical (unpaired) electrons. The highest BCUT2D eigenvalue weighted by Crippen LogP contribution is 2.51. The van der Waals surface area contributed by atoms with E-state index in [0.717, 1.165) is 11.1 Å². The van der Waals surface area contributed by atoms with E-state index in [9.17, 15) is 25.2 Å². The van der Waals surface area contributed by atoms with Gasteiger partial charge in [-0.15, -0.1) is 0 Å². The molecule has 0 aliphatic rings. The van der Waals surface area contributed by atoms with Gasteiger partial charge in [-0.2, -0.15) is 0 Å². The second kappa shape index (κ2) is 7.64. The van der Waals surface area contributed by atoms with Crippen LogP contribution in [0, 0.1) is 0 Å². The molecule has 0 aliphatic heterocycles. The molecule has 0 heterocycles. The first-order valence-corrected chi connectivity index (χ1v) is 9.24. The van der Waals surface area contributed by atoms with Crippen molar-refractivity contribution in [1.82, 2.24) is 0 Å². The number of carbonyl (C=O) groups is 1. The zero-order valence-corrected chi connectivity index (χ0v) is 15.8. The van der Waals surface area contributed by atoms with E-state index >= 15 is 0 Å². The lowest BCUT2D eigenvalue weighted by atomic mass is 9.94. The Morgan fingerprint density at radius 2 is 0.933 bits per heavy atom. The number of carbonyl (C=O) groups excluding carboxylic acids is 1. The Morgan fingerprint density at radius 1 is 0.500 bits per heavy atom. The highest BCUT2D eigenvalue weighted by Gasteiger charge is 2.28. The number of aromatic hydroxyl groups is 4. The topological polar surface area (TPSA) is 98.0 Å². The number of ketones is 1. The second-order valence-electron chi connectivity index (χ2n) is 6.78. The molecule has 30 heavy (non-hydrogen) atoms. The Hall–Kier alpha value is -4.25. The third-order valence-electron chi connectivity index (χ3n) is 4.94. The maximum atomic E-state index is 12.9. The van der Waals surface area contributed by atoms with E-state index in [1.807, 2.05) is 30.3 Å². The molecule has 4 aromatic carbocycles. The van der Waals surface area contributed by atoms with E-state index < -0.39 is 34.3 Å². The Morgan fingerprint density at radius 3 is 1.43 bits per heavy atom. The third-order valence-corrected chi connectivity index (χ3v) is 4.94. The van der Waals surface area contributed by atoms with E-state index in [1.165, 1.54) is 0 Å². The number of benzene rings is 4. The molecule has 0 aliphatic carbocycles. The summed E-state index contributed by atoms with van der Waals surface area (Å²) in [6.45, 7) is 0. The molecule has 0 amide bonds. The zero-order chi connectivity index (χ0) is 21.3. The van der Waals surface area contributed by atoms with Crippen molar-refractivity contribution in [1.29, 1.82) is 0 Å². The zero-order valence-electron chi connectivity index (χ0n) is 15.8. The van der Waals surface area contributed by atoms with Crippen molar-refractivity contribution in [2.45, 2.75) is 0 Å². The van der Waals surface area contributed by atoms with Crippen LogP contribution in [0.25, 0.3) is 22.3 Å². The number of phenols is 4. The van der Waals surface area contributed by atoms with Gasteiger partial charge in [-0.1, -0.05) is 84.9 Å². The number of hydrogen-bond acceptors (Lipinski definition) is 5. The molecular weight excluding hydrogens is 380 g/mol. The molecule has 0 spiro atoms. The minimum absolute atomic E-state index is 0.151. The quantitative estimate of drug-likeness (QED) is 0.218. The van der Waals surface area contributed by atoms with E-state index in [-0.39, 0.29) is 11.1 Å². The largest absolute Gasteiger partial charge is 0.504 e. The highest BCUT2D eigenvalue weighted by atomic mass is 16.3. The lowest BCUT2D eigenvalue weighted by Gasteiger charge is -2.15. The van der Waals surface area contributed by atoms with Crippen molar-refractivity contribution in [3.8, 4) is 45.3 Å². The van der Waals surface area contributed by atoms with Gasteiger partial charge < -0.3 is 20.4 Å². The van der Waals surface area contributed by atoms with Crippen molar-refractivity contribution < 1.29 is 25.2 Å². The van der Waals surface area contributed by atoms with Crippen molar-refractivity contribution >= 4 is 5.78 Å². The molecule has 0 saturated heterocycles. The third kappa shape index (κ3) is 3.22. The number of phenolic OH excluding ortho intramolecular Hbond substituents is 4. The lowest BCUT2D eigenvalue weighted by molar-refractivity contribution is 0.103. The van der Waals surface area contributed by atoms with Crippen molar-refractivity contribution in [3.63, 3.8) is 0 Å². The van der Waals surface area contributed by atoms with E-state index in [2.05, 4.69) is 0 Å². The van der Waals surface area contributed by atoms with Crippen LogP contribution in [0.1, 0.15) is 15.9 Å². The van der Waals surface area contributed by atoms with Gasteiger partial charge in [0, 0.05) is 5.56 Å². The van der Waals surface area contributed by atoms with E-state index in [0.29, 0.717) is 5.56 Å². The van der Waals surface area contributed by atoms with Crippen LogP contribution < -0.4 is 0 Å². The molecule has 0 saturated carbocycles. The minimum atomic E-state index is -0.790. The summed E-state index contributed by atoms with van der Waals surface area (Å²) in [5, 5.41) is 41.8. The molecule has 0 aromatic heterocycles. The summed E-state index contributed by atoms with van der Waals surface area (Å²) in [6, 6.07) is 24.5. The van der Waals surface area contributed by atoms with Gasteiger partial charge in [0.2, 0.25) is 5.78 Å². The molecule has 4 rings (SSSR count). The van der Waals surface area contributed by atoms with Gasteiger partial charge in [0.25, 0.3) is 0 Å². The molecule has 0 fully saturated rings. The summed E-state index contributed by atoms with van der Waals surface area (Å²) in [7, 11) is 0. The molecule has 0 bridgehead atoms. The first-order chi connectivity index (χ1) is 14.5. The lowest BCUT2D eigenvalue weighted by Crippen LogP contribution is -2.03. The first kappa shape index (κ1) is 19.1.